The zero-order valence-electron chi connectivity index (χ0n) is 12.0. The van der Waals surface area contributed by atoms with Crippen molar-refractivity contribution < 1.29 is 4.79 Å². The number of rotatable bonds is 3. The first-order chi connectivity index (χ1) is 10.0. The lowest BCUT2D eigenvalue weighted by molar-refractivity contribution is -0.124. The maximum atomic E-state index is 11.5. The molecule has 1 N–H and O–H groups in total. The Balaban J connectivity index is 1.67. The van der Waals surface area contributed by atoms with Crippen molar-refractivity contribution in [3.63, 3.8) is 0 Å². The van der Waals surface area contributed by atoms with E-state index in [4.69, 9.17) is 23.2 Å². The Hall–Kier alpha value is -0.840. The number of carbonyl (C=O) groups excluding carboxylic acids is 1. The van der Waals surface area contributed by atoms with Gasteiger partial charge in [-0.25, -0.2) is 0 Å². The number of halogens is 2. The van der Waals surface area contributed by atoms with Gasteiger partial charge in [-0.1, -0.05) is 23.2 Å². The number of pyridine rings is 1. The molecule has 114 valence electrons. The molecule has 0 aromatic carbocycles. The van der Waals surface area contributed by atoms with E-state index in [-0.39, 0.29) is 5.91 Å². The molecule has 1 aromatic heterocycles. The average Bonchev–Trinajstić information content (AvgIpc) is 2.86. The first-order valence-electron chi connectivity index (χ1n) is 7.29. The summed E-state index contributed by atoms with van der Waals surface area (Å²) in [5.41, 5.74) is 0.930. The van der Waals surface area contributed by atoms with Crippen molar-refractivity contribution in [3.05, 3.63) is 28.0 Å². The van der Waals surface area contributed by atoms with E-state index < -0.39 is 0 Å². The normalized spacial score (nSPS) is 28.6. The van der Waals surface area contributed by atoms with Crippen molar-refractivity contribution in [2.24, 2.45) is 11.8 Å². The molecule has 1 amide bonds. The molecule has 3 atom stereocenters. The van der Waals surface area contributed by atoms with E-state index in [0.29, 0.717) is 40.9 Å². The fourth-order valence-electron chi connectivity index (χ4n) is 3.56. The molecule has 1 aromatic rings. The average molecular weight is 328 g/mol. The van der Waals surface area contributed by atoms with Crippen molar-refractivity contribution in [1.29, 1.82) is 0 Å². The standard InChI is InChI=1S/C15H19Cl2N3O/c1-20(8-12-13(16)6-18-7-14(12)17)11-2-9-4-15(21)19-5-10(9)3-11/h6-7,9-11H,2-5,8H2,1H3,(H,19,21)/t9-,10+,11-/m1/s1. The van der Waals surface area contributed by atoms with Gasteiger partial charge in [-0.3, -0.25) is 14.7 Å². The van der Waals surface area contributed by atoms with Crippen LogP contribution in [0.15, 0.2) is 12.4 Å². The third-order valence-electron chi connectivity index (χ3n) is 4.81. The first kappa shape index (κ1) is 15.1. The molecule has 2 heterocycles. The van der Waals surface area contributed by atoms with Crippen molar-refractivity contribution in [1.82, 2.24) is 15.2 Å². The fourth-order valence-corrected chi connectivity index (χ4v) is 4.05. The molecule has 21 heavy (non-hydrogen) atoms. The minimum Gasteiger partial charge on any atom is -0.356 e. The van der Waals surface area contributed by atoms with Gasteiger partial charge in [0.1, 0.15) is 0 Å². The van der Waals surface area contributed by atoms with Gasteiger partial charge in [0, 0.05) is 43.5 Å². The molecule has 1 saturated heterocycles. The topological polar surface area (TPSA) is 45.2 Å². The number of hydrogen-bond acceptors (Lipinski definition) is 3. The van der Waals surface area contributed by atoms with Gasteiger partial charge in [-0.15, -0.1) is 0 Å². The first-order valence-corrected chi connectivity index (χ1v) is 8.05. The van der Waals surface area contributed by atoms with Gasteiger partial charge in [-0.05, 0) is 31.7 Å². The molecule has 1 saturated carbocycles. The number of nitrogens with zero attached hydrogens (tertiary/aromatic N) is 2. The molecule has 2 fully saturated rings. The molecule has 0 bridgehead atoms. The van der Waals surface area contributed by atoms with Gasteiger partial charge in [0.05, 0.1) is 10.0 Å². The van der Waals surface area contributed by atoms with E-state index in [2.05, 4.69) is 22.2 Å². The Bertz CT molecular complexity index is 531. The zero-order valence-corrected chi connectivity index (χ0v) is 13.5. The Morgan fingerprint density at radius 2 is 1.95 bits per heavy atom. The van der Waals surface area contributed by atoms with Crippen LogP contribution >= 0.6 is 23.2 Å². The van der Waals surface area contributed by atoms with Crippen LogP contribution in [0, 0.1) is 11.8 Å². The summed E-state index contributed by atoms with van der Waals surface area (Å²) in [5.74, 6) is 1.33. The lowest BCUT2D eigenvalue weighted by atomic mass is 9.89. The van der Waals surface area contributed by atoms with Gasteiger partial charge in [0.15, 0.2) is 0 Å². The smallest absolute Gasteiger partial charge is 0.220 e. The molecule has 0 spiro atoms. The monoisotopic (exact) mass is 327 g/mol. The van der Waals surface area contributed by atoms with E-state index >= 15 is 0 Å². The molecule has 0 unspecified atom stereocenters. The van der Waals surface area contributed by atoms with Crippen LogP contribution in [-0.2, 0) is 11.3 Å². The lowest BCUT2D eigenvalue weighted by Crippen LogP contribution is -2.38. The van der Waals surface area contributed by atoms with Crippen molar-refractivity contribution in [2.75, 3.05) is 13.6 Å². The van der Waals surface area contributed by atoms with E-state index in [1.807, 2.05) is 0 Å². The summed E-state index contributed by atoms with van der Waals surface area (Å²) in [7, 11) is 2.10. The Morgan fingerprint density at radius 1 is 1.29 bits per heavy atom. The molecular formula is C15H19Cl2N3O. The molecule has 2 aliphatic rings. The summed E-state index contributed by atoms with van der Waals surface area (Å²) in [5, 5.41) is 4.20. The SMILES string of the molecule is CN(Cc1c(Cl)cncc1Cl)[C@H]1C[C@H]2CNC(=O)C[C@H]2C1. The van der Waals surface area contributed by atoms with Crippen LogP contribution in [0.4, 0.5) is 0 Å². The summed E-state index contributed by atoms with van der Waals surface area (Å²) in [6.07, 6.45) is 6.14. The third kappa shape index (κ3) is 3.17. The van der Waals surface area contributed by atoms with Crippen molar-refractivity contribution in [3.8, 4) is 0 Å². The summed E-state index contributed by atoms with van der Waals surface area (Å²) in [6.45, 7) is 1.54. The molecule has 3 rings (SSSR count). The molecule has 0 radical (unpaired) electrons. The quantitative estimate of drug-likeness (QED) is 0.928. The molecule has 6 heteroatoms. The predicted molar refractivity (Wildman–Crippen MR) is 83.4 cm³/mol. The molecule has 1 aliphatic carbocycles. The van der Waals surface area contributed by atoms with Gasteiger partial charge in [0.25, 0.3) is 0 Å². The van der Waals surface area contributed by atoms with E-state index in [1.54, 1.807) is 12.4 Å². The van der Waals surface area contributed by atoms with Crippen LogP contribution in [0.5, 0.6) is 0 Å². The highest BCUT2D eigenvalue weighted by Gasteiger charge is 2.39. The van der Waals surface area contributed by atoms with Gasteiger partial charge in [0.2, 0.25) is 5.91 Å². The number of nitrogens with one attached hydrogen (secondary N) is 1. The van der Waals surface area contributed by atoms with Crippen molar-refractivity contribution >= 4 is 29.1 Å². The second-order valence-corrected chi connectivity index (χ2v) is 6.96. The maximum absolute atomic E-state index is 11.5. The number of aromatic nitrogens is 1. The predicted octanol–water partition coefficient (Wildman–Crippen LogP) is 2.73. The number of piperidine rings is 1. The Labute approximate surface area is 134 Å². The van der Waals surface area contributed by atoms with Crippen LogP contribution in [0.1, 0.15) is 24.8 Å². The number of hydrogen-bond donors (Lipinski definition) is 1. The number of fused-ring (bicyclic) bond motifs is 1. The van der Waals surface area contributed by atoms with E-state index in [1.165, 1.54) is 0 Å². The minimum absolute atomic E-state index is 0.194. The zero-order chi connectivity index (χ0) is 15.0. The highest BCUT2D eigenvalue weighted by molar-refractivity contribution is 6.35. The second-order valence-electron chi connectivity index (χ2n) is 6.15. The number of carbonyl (C=O) groups is 1. The second kappa shape index (κ2) is 6.11. The highest BCUT2D eigenvalue weighted by Crippen LogP contribution is 2.39. The third-order valence-corrected chi connectivity index (χ3v) is 5.46. The van der Waals surface area contributed by atoms with Crippen LogP contribution < -0.4 is 5.32 Å². The lowest BCUT2D eigenvalue weighted by Gasteiger charge is -2.25. The highest BCUT2D eigenvalue weighted by atomic mass is 35.5. The van der Waals surface area contributed by atoms with Crippen molar-refractivity contribution in [2.45, 2.75) is 31.8 Å². The van der Waals surface area contributed by atoms with Crippen LogP contribution in [0.2, 0.25) is 10.0 Å². The molecule has 4 nitrogen and oxygen atoms in total. The fraction of sp³-hybridized carbons (Fsp3) is 0.600. The van der Waals surface area contributed by atoms with E-state index in [0.717, 1.165) is 24.9 Å². The largest absolute Gasteiger partial charge is 0.356 e. The number of amides is 1. The van der Waals surface area contributed by atoms with Crippen LogP contribution in [0.3, 0.4) is 0 Å². The summed E-state index contributed by atoms with van der Waals surface area (Å²) < 4.78 is 0. The molecular weight excluding hydrogens is 309 g/mol. The summed E-state index contributed by atoms with van der Waals surface area (Å²) in [6, 6.07) is 0.480. The van der Waals surface area contributed by atoms with Gasteiger partial charge < -0.3 is 5.32 Å². The van der Waals surface area contributed by atoms with Crippen LogP contribution in [-0.4, -0.2) is 35.4 Å². The Morgan fingerprint density at radius 3 is 2.67 bits per heavy atom. The maximum Gasteiger partial charge on any atom is 0.220 e. The summed E-state index contributed by atoms with van der Waals surface area (Å²) in [4.78, 5) is 17.8. The van der Waals surface area contributed by atoms with Crippen LogP contribution in [0.25, 0.3) is 0 Å². The summed E-state index contributed by atoms with van der Waals surface area (Å²) >= 11 is 12.4. The van der Waals surface area contributed by atoms with E-state index in [9.17, 15) is 4.79 Å². The van der Waals surface area contributed by atoms with Gasteiger partial charge in [-0.2, -0.15) is 0 Å². The molecule has 1 aliphatic heterocycles. The van der Waals surface area contributed by atoms with Gasteiger partial charge >= 0.3 is 0 Å². The minimum atomic E-state index is 0.194. The Kier molecular flexibility index (Phi) is 4.38.